The van der Waals surface area contributed by atoms with Crippen molar-refractivity contribution in [3.8, 4) is 5.75 Å². The molecule has 1 heterocycles. The molecule has 2 aromatic rings. The average Bonchev–Trinajstić information content (AvgIpc) is 2.80. The molecule has 0 radical (unpaired) electrons. The number of hydrogen-bond acceptors (Lipinski definition) is 6. The number of para-hydroxylation sites is 1. The molecule has 1 aliphatic heterocycles. The van der Waals surface area contributed by atoms with E-state index in [2.05, 4.69) is 0 Å². The van der Waals surface area contributed by atoms with Gasteiger partial charge in [0.05, 0.1) is 35.3 Å². The molecule has 0 bridgehead atoms. The summed E-state index contributed by atoms with van der Waals surface area (Å²) in [5, 5.41) is 9.77. The van der Waals surface area contributed by atoms with Crippen molar-refractivity contribution in [2.24, 2.45) is 5.92 Å². The summed E-state index contributed by atoms with van der Waals surface area (Å²) >= 11 is 0. The maximum atomic E-state index is 13.4. The molecule has 9 heteroatoms. The molecule has 1 aliphatic rings. The fourth-order valence-corrected chi connectivity index (χ4v) is 5.13. The molecule has 3 atom stereocenters. The second kappa shape index (κ2) is 10.1. The molecule has 1 N–H and O–H groups in total. The molecule has 8 nitrogen and oxygen atoms in total. The van der Waals surface area contributed by atoms with Gasteiger partial charge in [0.15, 0.2) is 5.75 Å². The van der Waals surface area contributed by atoms with E-state index in [1.807, 2.05) is 32.0 Å². The van der Waals surface area contributed by atoms with Gasteiger partial charge in [-0.15, -0.1) is 0 Å². The van der Waals surface area contributed by atoms with Crippen molar-refractivity contribution in [1.29, 1.82) is 0 Å². The molecule has 0 aliphatic carbocycles. The van der Waals surface area contributed by atoms with Crippen molar-refractivity contribution in [2.45, 2.75) is 30.9 Å². The lowest BCUT2D eigenvalue weighted by Gasteiger charge is -2.38. The van der Waals surface area contributed by atoms with Crippen molar-refractivity contribution < 1.29 is 23.1 Å². The summed E-state index contributed by atoms with van der Waals surface area (Å²) in [5.74, 6) is 0.00949. The van der Waals surface area contributed by atoms with Crippen molar-refractivity contribution in [3.63, 3.8) is 0 Å². The van der Waals surface area contributed by atoms with Gasteiger partial charge in [-0.25, -0.2) is 8.42 Å². The van der Waals surface area contributed by atoms with E-state index < -0.39 is 16.1 Å². The first-order chi connectivity index (χ1) is 15.6. The first-order valence-electron chi connectivity index (χ1n) is 11.0. The number of carbonyl (C=O) groups is 1. The van der Waals surface area contributed by atoms with Gasteiger partial charge < -0.3 is 19.6 Å². The minimum Gasteiger partial charge on any atom is -0.486 e. The minimum absolute atomic E-state index is 0.106. The summed E-state index contributed by atoms with van der Waals surface area (Å²) in [7, 11) is 1.55. The highest BCUT2D eigenvalue weighted by Gasteiger charge is 2.36. The SMILES string of the molecule is C[C@@H]1CN([C@H](C)CO)C(=O)c2cccc(N(C)C)c2O[C@@H]1CN(C)S(=O)(=O)c1ccccc1. The molecule has 0 unspecified atom stereocenters. The molecule has 0 aromatic heterocycles. The Morgan fingerprint density at radius 1 is 1.12 bits per heavy atom. The molecule has 0 fully saturated rings. The van der Waals surface area contributed by atoms with Crippen LogP contribution in [0.3, 0.4) is 0 Å². The van der Waals surface area contributed by atoms with Crippen molar-refractivity contribution in [3.05, 3.63) is 54.1 Å². The van der Waals surface area contributed by atoms with Gasteiger partial charge in [0, 0.05) is 33.6 Å². The fraction of sp³-hybridized carbons (Fsp3) is 0.458. The predicted molar refractivity (Wildman–Crippen MR) is 128 cm³/mol. The first-order valence-corrected chi connectivity index (χ1v) is 12.4. The lowest BCUT2D eigenvalue weighted by atomic mass is 9.99. The van der Waals surface area contributed by atoms with E-state index in [-0.39, 0.29) is 35.9 Å². The van der Waals surface area contributed by atoms with Crippen LogP contribution in [0.15, 0.2) is 53.4 Å². The normalized spacial score (nSPS) is 20.0. The average molecular weight is 476 g/mol. The van der Waals surface area contributed by atoms with E-state index >= 15 is 0 Å². The zero-order chi connectivity index (χ0) is 24.3. The number of anilines is 1. The number of nitrogens with zero attached hydrogens (tertiary/aromatic N) is 3. The lowest BCUT2D eigenvalue weighted by Crippen LogP contribution is -2.50. The minimum atomic E-state index is -3.71. The van der Waals surface area contributed by atoms with E-state index in [0.29, 0.717) is 17.9 Å². The maximum Gasteiger partial charge on any atom is 0.258 e. The van der Waals surface area contributed by atoms with Crippen molar-refractivity contribution in [2.75, 3.05) is 45.7 Å². The third kappa shape index (κ3) is 5.15. The highest BCUT2D eigenvalue weighted by molar-refractivity contribution is 7.89. The quantitative estimate of drug-likeness (QED) is 0.661. The van der Waals surface area contributed by atoms with Crippen molar-refractivity contribution in [1.82, 2.24) is 9.21 Å². The third-order valence-electron chi connectivity index (χ3n) is 6.04. The van der Waals surface area contributed by atoms with E-state index in [1.54, 1.807) is 54.3 Å². The Labute approximate surface area is 196 Å². The van der Waals surface area contributed by atoms with Crippen LogP contribution in [0.2, 0.25) is 0 Å². The van der Waals surface area contributed by atoms with Crippen LogP contribution < -0.4 is 9.64 Å². The number of amides is 1. The van der Waals surface area contributed by atoms with Crippen LogP contribution in [-0.4, -0.2) is 81.6 Å². The number of hydrogen-bond donors (Lipinski definition) is 1. The summed E-state index contributed by atoms with van der Waals surface area (Å²) < 4.78 is 34.0. The molecule has 3 rings (SSSR count). The van der Waals surface area contributed by atoms with Crippen LogP contribution in [0, 0.1) is 5.92 Å². The van der Waals surface area contributed by atoms with Crippen LogP contribution in [0.1, 0.15) is 24.2 Å². The van der Waals surface area contributed by atoms with Crippen LogP contribution in [-0.2, 0) is 10.0 Å². The Morgan fingerprint density at radius 3 is 2.39 bits per heavy atom. The lowest BCUT2D eigenvalue weighted by molar-refractivity contribution is 0.0388. The van der Waals surface area contributed by atoms with Gasteiger partial charge in [0.25, 0.3) is 5.91 Å². The summed E-state index contributed by atoms with van der Waals surface area (Å²) in [6, 6.07) is 13.3. The number of ether oxygens (including phenoxy) is 1. The second-order valence-corrected chi connectivity index (χ2v) is 10.8. The number of benzene rings is 2. The zero-order valence-corrected chi connectivity index (χ0v) is 20.6. The number of aliphatic hydroxyl groups excluding tert-OH is 1. The monoisotopic (exact) mass is 475 g/mol. The Morgan fingerprint density at radius 2 is 1.79 bits per heavy atom. The van der Waals surface area contributed by atoms with Crippen LogP contribution in [0.25, 0.3) is 0 Å². The maximum absolute atomic E-state index is 13.4. The largest absolute Gasteiger partial charge is 0.486 e. The van der Waals surface area contributed by atoms with E-state index in [4.69, 9.17) is 4.74 Å². The molecule has 0 spiro atoms. The molecule has 180 valence electrons. The Balaban J connectivity index is 2.02. The molecule has 0 saturated carbocycles. The number of aliphatic hydroxyl groups is 1. The fourth-order valence-electron chi connectivity index (χ4n) is 3.92. The van der Waals surface area contributed by atoms with Gasteiger partial charge in [-0.1, -0.05) is 31.2 Å². The Kier molecular flexibility index (Phi) is 7.66. The van der Waals surface area contributed by atoms with Gasteiger partial charge in [0.1, 0.15) is 6.10 Å². The second-order valence-electron chi connectivity index (χ2n) is 8.77. The summed E-state index contributed by atoms with van der Waals surface area (Å²) in [4.78, 5) is 17.1. The zero-order valence-electron chi connectivity index (χ0n) is 19.8. The highest BCUT2D eigenvalue weighted by atomic mass is 32.2. The number of fused-ring (bicyclic) bond motifs is 1. The molecular weight excluding hydrogens is 442 g/mol. The number of sulfonamides is 1. The van der Waals surface area contributed by atoms with E-state index in [1.165, 1.54) is 11.4 Å². The Hall–Kier alpha value is -2.62. The smallest absolute Gasteiger partial charge is 0.258 e. The molecule has 2 aromatic carbocycles. The van der Waals surface area contributed by atoms with Crippen LogP contribution in [0.4, 0.5) is 5.69 Å². The predicted octanol–water partition coefficient (Wildman–Crippen LogP) is 2.29. The van der Waals surface area contributed by atoms with Crippen LogP contribution >= 0.6 is 0 Å². The van der Waals surface area contributed by atoms with Gasteiger partial charge in [-0.2, -0.15) is 4.31 Å². The third-order valence-corrected chi connectivity index (χ3v) is 7.88. The van der Waals surface area contributed by atoms with E-state index in [9.17, 15) is 18.3 Å². The Bertz CT molecular complexity index is 1070. The molecular formula is C24H33N3O5S. The van der Waals surface area contributed by atoms with Gasteiger partial charge in [-0.3, -0.25) is 4.79 Å². The van der Waals surface area contributed by atoms with Gasteiger partial charge in [0.2, 0.25) is 10.0 Å². The number of carbonyl (C=O) groups excluding carboxylic acids is 1. The van der Waals surface area contributed by atoms with Crippen molar-refractivity contribution >= 4 is 21.6 Å². The topological polar surface area (TPSA) is 90.4 Å². The highest BCUT2D eigenvalue weighted by Crippen LogP contribution is 2.36. The molecule has 33 heavy (non-hydrogen) atoms. The standard InChI is InChI=1S/C24H33N3O5S/c1-17-14-27(18(2)16-28)24(29)20-12-9-13-21(25(3)4)23(20)32-22(17)15-26(5)33(30,31)19-10-7-6-8-11-19/h6-13,17-18,22,28H,14-16H2,1-5H3/t17-,18-,22-/m1/s1. The van der Waals surface area contributed by atoms with Gasteiger partial charge >= 0.3 is 0 Å². The summed E-state index contributed by atoms with van der Waals surface area (Å²) in [6.07, 6.45) is -0.519. The first kappa shape index (κ1) is 25.0. The summed E-state index contributed by atoms with van der Waals surface area (Å²) in [6.45, 7) is 3.99. The van der Waals surface area contributed by atoms with Crippen LogP contribution in [0.5, 0.6) is 5.75 Å². The summed E-state index contributed by atoms with van der Waals surface area (Å²) in [5.41, 5.74) is 1.12. The van der Waals surface area contributed by atoms with Gasteiger partial charge in [-0.05, 0) is 31.2 Å². The number of likely N-dealkylation sites (N-methyl/N-ethyl adjacent to an activating group) is 1. The van der Waals surface area contributed by atoms with E-state index in [0.717, 1.165) is 5.69 Å². The number of rotatable bonds is 7. The molecule has 0 saturated heterocycles. The molecule has 1 amide bonds.